The van der Waals surface area contributed by atoms with Crippen LogP contribution in [0.15, 0.2) is 48.5 Å². The summed E-state index contributed by atoms with van der Waals surface area (Å²) in [6.07, 6.45) is 0. The fourth-order valence-corrected chi connectivity index (χ4v) is 4.14. The molecule has 4 aromatic heterocycles. The minimum atomic E-state index is -0.699. The Balaban J connectivity index is 0.000000193. The number of carbonyl (C=O) groups is 2. The molecule has 0 aliphatic carbocycles. The predicted octanol–water partition coefficient (Wildman–Crippen LogP) is 4.99. The molecular weight excluding hydrogens is 638 g/mol. The predicted molar refractivity (Wildman–Crippen MR) is 167 cm³/mol. The van der Waals surface area contributed by atoms with Gasteiger partial charge in [0, 0.05) is 37.1 Å². The van der Waals surface area contributed by atoms with Crippen molar-refractivity contribution in [2.75, 3.05) is 11.1 Å². The molecule has 236 valence electrons. The third kappa shape index (κ3) is 7.54. The molecule has 4 heterocycles. The van der Waals surface area contributed by atoms with Gasteiger partial charge >= 0.3 is 0 Å². The van der Waals surface area contributed by atoms with Crippen molar-refractivity contribution in [1.29, 1.82) is 10.5 Å². The number of amides is 1. The molecule has 7 N–H and O–H groups in total. The minimum Gasteiger partial charge on any atom is -0.508 e. The highest BCUT2D eigenvalue weighted by Crippen LogP contribution is 2.32. The molecule has 0 fully saturated rings. The largest absolute Gasteiger partial charge is 0.508 e. The van der Waals surface area contributed by atoms with Gasteiger partial charge in [0.15, 0.2) is 17.1 Å². The Bertz CT molecular complexity index is 2250. The number of nitriles is 2. The highest BCUT2D eigenvalue weighted by atomic mass is 35.5. The standard InChI is InChI=1S/C15H10FN5O2.C13H8FN5O.C2H3ClO/c1-7(22)18-14-11-4-8(6-17)13(19-15(11)21-20-14)10-3-2-9(23)5-12(10)16;14-10-4-7(20)1-2-8(10)11-6(5-15)3-9-12(16)18-19-13(9)17-11;1-2(3)4/h2-5,23H,1H3,(H2,18,19,20,21,22);1-4,20H,(H3,16,17,18,19);1H3. The summed E-state index contributed by atoms with van der Waals surface area (Å²) in [5.74, 6) is -1.57. The summed E-state index contributed by atoms with van der Waals surface area (Å²) >= 11 is 4.64. The van der Waals surface area contributed by atoms with E-state index in [1.165, 1.54) is 50.2 Å². The molecule has 17 heteroatoms. The van der Waals surface area contributed by atoms with Crippen LogP contribution in [0.5, 0.6) is 11.5 Å². The molecule has 0 aliphatic heterocycles. The Morgan fingerprint density at radius 2 is 1.36 bits per heavy atom. The van der Waals surface area contributed by atoms with E-state index in [0.29, 0.717) is 27.9 Å². The van der Waals surface area contributed by atoms with Crippen LogP contribution in [0.3, 0.4) is 0 Å². The first-order valence-corrected chi connectivity index (χ1v) is 13.5. The van der Waals surface area contributed by atoms with E-state index < -0.39 is 11.6 Å². The number of aromatic amines is 2. The number of aromatic nitrogens is 6. The highest BCUT2D eigenvalue weighted by Gasteiger charge is 2.18. The SMILES string of the molecule is CC(=O)Cl.CC(=O)Nc1n[nH]c2nc(-c3ccc(O)cc3F)c(C#N)cc12.N#Cc1cc2c(N)[nH]nc2nc1-c1ccc(O)cc1F. The normalized spacial score (nSPS) is 10.2. The summed E-state index contributed by atoms with van der Waals surface area (Å²) in [4.78, 5) is 28.7. The van der Waals surface area contributed by atoms with Crippen molar-refractivity contribution in [1.82, 2.24) is 30.4 Å². The van der Waals surface area contributed by atoms with Crippen molar-refractivity contribution >= 4 is 56.5 Å². The lowest BCUT2D eigenvalue weighted by molar-refractivity contribution is -0.114. The Kier molecular flexibility index (Phi) is 9.89. The van der Waals surface area contributed by atoms with Gasteiger partial charge in [-0.3, -0.25) is 19.8 Å². The first kappa shape index (κ1) is 33.2. The van der Waals surface area contributed by atoms with E-state index in [4.69, 9.17) is 5.73 Å². The maximum absolute atomic E-state index is 14.0. The quantitative estimate of drug-likeness (QED) is 0.138. The van der Waals surface area contributed by atoms with Gasteiger partial charge in [0.25, 0.3) is 0 Å². The van der Waals surface area contributed by atoms with E-state index in [1.807, 2.05) is 12.1 Å². The van der Waals surface area contributed by atoms with E-state index in [1.54, 1.807) is 0 Å². The number of carbonyl (C=O) groups excluding carboxylic acids is 2. The van der Waals surface area contributed by atoms with Crippen molar-refractivity contribution in [2.45, 2.75) is 13.8 Å². The van der Waals surface area contributed by atoms with Gasteiger partial charge in [-0.25, -0.2) is 18.7 Å². The fourth-order valence-electron chi connectivity index (χ4n) is 4.14. The van der Waals surface area contributed by atoms with E-state index in [-0.39, 0.29) is 62.1 Å². The number of aromatic hydroxyl groups is 2. The first-order valence-electron chi connectivity index (χ1n) is 13.1. The average molecular weight is 659 g/mol. The second-order valence-electron chi connectivity index (χ2n) is 9.45. The van der Waals surface area contributed by atoms with Crippen molar-refractivity contribution in [3.8, 4) is 46.2 Å². The third-order valence-corrected chi connectivity index (χ3v) is 6.08. The molecule has 47 heavy (non-hydrogen) atoms. The monoisotopic (exact) mass is 658 g/mol. The number of anilines is 2. The number of phenolic OH excluding ortho intramolecular Hbond substituents is 2. The van der Waals surface area contributed by atoms with Crippen LogP contribution in [0.2, 0.25) is 0 Å². The molecule has 0 aliphatic rings. The molecule has 0 bridgehead atoms. The van der Waals surface area contributed by atoms with Crippen LogP contribution >= 0.6 is 11.6 Å². The van der Waals surface area contributed by atoms with E-state index in [0.717, 1.165) is 12.1 Å². The Labute approximate surface area is 268 Å². The van der Waals surface area contributed by atoms with Gasteiger partial charge in [0.1, 0.15) is 41.1 Å². The molecule has 1 amide bonds. The van der Waals surface area contributed by atoms with Gasteiger partial charge in [-0.05, 0) is 48.0 Å². The maximum atomic E-state index is 14.0. The van der Waals surface area contributed by atoms with Crippen LogP contribution in [-0.4, -0.2) is 51.7 Å². The zero-order valence-corrected chi connectivity index (χ0v) is 25.0. The second-order valence-corrected chi connectivity index (χ2v) is 9.98. The van der Waals surface area contributed by atoms with Gasteiger partial charge in [0.2, 0.25) is 11.1 Å². The van der Waals surface area contributed by atoms with Crippen LogP contribution in [0.1, 0.15) is 25.0 Å². The summed E-state index contributed by atoms with van der Waals surface area (Å²) in [6.45, 7) is 2.63. The molecule has 0 saturated carbocycles. The molecule has 0 saturated heterocycles. The highest BCUT2D eigenvalue weighted by molar-refractivity contribution is 6.62. The molecular formula is C30H21ClF2N10O4. The fraction of sp³-hybridized carbons (Fsp3) is 0.0667. The molecule has 6 rings (SSSR count). The molecule has 0 radical (unpaired) electrons. The van der Waals surface area contributed by atoms with Crippen molar-refractivity contribution in [3.63, 3.8) is 0 Å². The molecule has 0 spiro atoms. The number of nitrogen functional groups attached to an aromatic ring is 1. The Morgan fingerprint density at radius 1 is 0.851 bits per heavy atom. The van der Waals surface area contributed by atoms with Gasteiger partial charge in [-0.15, -0.1) is 0 Å². The zero-order chi connectivity index (χ0) is 34.4. The minimum absolute atomic E-state index is 0.0805. The van der Waals surface area contributed by atoms with Gasteiger partial charge < -0.3 is 21.3 Å². The molecule has 0 atom stereocenters. The topological polar surface area (TPSA) is 243 Å². The maximum Gasteiger partial charge on any atom is 0.222 e. The summed E-state index contributed by atoms with van der Waals surface area (Å²) in [7, 11) is 0. The first-order chi connectivity index (χ1) is 22.3. The van der Waals surface area contributed by atoms with Crippen LogP contribution in [0.4, 0.5) is 20.4 Å². The number of nitrogens with two attached hydrogens (primary N) is 1. The lowest BCUT2D eigenvalue weighted by atomic mass is 10.0. The van der Waals surface area contributed by atoms with Crippen molar-refractivity contribution < 1.29 is 28.6 Å². The van der Waals surface area contributed by atoms with Crippen LogP contribution in [-0.2, 0) is 9.59 Å². The Hall–Kier alpha value is -6.65. The van der Waals surface area contributed by atoms with Crippen LogP contribution < -0.4 is 11.1 Å². The number of H-pyrrole nitrogens is 2. The van der Waals surface area contributed by atoms with Crippen LogP contribution in [0.25, 0.3) is 44.6 Å². The number of benzene rings is 2. The van der Waals surface area contributed by atoms with Gasteiger partial charge in [0.05, 0.1) is 33.3 Å². The van der Waals surface area contributed by atoms with E-state index >= 15 is 0 Å². The molecule has 14 nitrogen and oxygen atoms in total. The number of halogens is 3. The van der Waals surface area contributed by atoms with Crippen LogP contribution in [0, 0.1) is 34.3 Å². The number of rotatable bonds is 3. The summed E-state index contributed by atoms with van der Waals surface area (Å²) in [5.41, 5.74) is 7.03. The number of nitrogens with one attached hydrogen (secondary N) is 3. The van der Waals surface area contributed by atoms with Gasteiger partial charge in [-0.2, -0.15) is 20.7 Å². The molecule has 0 unspecified atom stereocenters. The number of fused-ring (bicyclic) bond motifs is 2. The van der Waals surface area contributed by atoms with Gasteiger partial charge in [-0.1, -0.05) is 0 Å². The lowest BCUT2D eigenvalue weighted by Gasteiger charge is -2.06. The van der Waals surface area contributed by atoms with E-state index in [2.05, 4.69) is 47.3 Å². The number of hydrogen-bond donors (Lipinski definition) is 6. The zero-order valence-electron chi connectivity index (χ0n) is 24.2. The summed E-state index contributed by atoms with van der Waals surface area (Å²) in [6, 6.07) is 14.1. The van der Waals surface area contributed by atoms with E-state index in [9.17, 15) is 39.1 Å². The average Bonchev–Trinajstić information content (AvgIpc) is 3.57. The molecule has 6 aromatic rings. The van der Waals surface area contributed by atoms with Crippen molar-refractivity contribution in [3.05, 3.63) is 71.3 Å². The number of phenols is 2. The summed E-state index contributed by atoms with van der Waals surface area (Å²) in [5, 5.41) is 53.1. The number of pyridine rings is 2. The Morgan fingerprint density at radius 3 is 1.85 bits per heavy atom. The van der Waals surface area contributed by atoms with Crippen molar-refractivity contribution in [2.24, 2.45) is 0 Å². The summed E-state index contributed by atoms with van der Waals surface area (Å²) < 4.78 is 27.9. The number of nitrogens with zero attached hydrogens (tertiary/aromatic N) is 6. The third-order valence-electron chi connectivity index (χ3n) is 6.08. The lowest BCUT2D eigenvalue weighted by Crippen LogP contribution is -2.06. The smallest absolute Gasteiger partial charge is 0.222 e. The second kappa shape index (κ2) is 14.0. The molecule has 2 aromatic carbocycles. The number of hydrogen-bond acceptors (Lipinski definition) is 11.